The number of carboxylic acids is 1. The summed E-state index contributed by atoms with van der Waals surface area (Å²) in [6.45, 7) is 1.46. The topological polar surface area (TPSA) is 49.3 Å². The van der Waals surface area contributed by atoms with Crippen LogP contribution in [0.25, 0.3) is 0 Å². The normalized spacial score (nSPS) is 18.8. The van der Waals surface area contributed by atoms with Gasteiger partial charge in [-0.3, -0.25) is 5.32 Å². The van der Waals surface area contributed by atoms with Crippen molar-refractivity contribution < 1.29 is 18.7 Å². The number of hydrogen-bond donors (Lipinski definition) is 2. The van der Waals surface area contributed by atoms with E-state index in [1.54, 1.807) is 0 Å². The molecular formula is C12H13F2NO2. The summed E-state index contributed by atoms with van der Waals surface area (Å²) in [7, 11) is 0. The number of carbonyl (C=O) groups is 1. The standard InChI is InChI=1S/C12H13F2NO2/c1-12(11(16)17,15-8-3-4-8)7-2-5-9(13)10(14)6-7/h2,5-6,8,15H,3-4H2,1H3,(H,16,17). The molecule has 0 aliphatic heterocycles. The minimum Gasteiger partial charge on any atom is -0.480 e. The van der Waals surface area contributed by atoms with E-state index in [9.17, 15) is 18.7 Å². The highest BCUT2D eigenvalue weighted by molar-refractivity contribution is 5.80. The van der Waals surface area contributed by atoms with E-state index in [0.29, 0.717) is 0 Å². The molecule has 0 amide bonds. The highest BCUT2D eigenvalue weighted by Gasteiger charge is 2.40. The number of aliphatic carboxylic acids is 1. The number of benzene rings is 1. The Hall–Kier alpha value is -1.49. The first kappa shape index (κ1) is 12.0. The third kappa shape index (κ3) is 2.29. The molecule has 92 valence electrons. The van der Waals surface area contributed by atoms with Gasteiger partial charge in [-0.25, -0.2) is 13.6 Å². The minimum atomic E-state index is -1.38. The maximum Gasteiger partial charge on any atom is 0.328 e. The summed E-state index contributed by atoms with van der Waals surface area (Å²) in [5.74, 6) is -3.11. The van der Waals surface area contributed by atoms with Gasteiger partial charge in [-0.15, -0.1) is 0 Å². The zero-order chi connectivity index (χ0) is 12.6. The maximum atomic E-state index is 13.1. The highest BCUT2D eigenvalue weighted by atomic mass is 19.2. The lowest BCUT2D eigenvalue weighted by atomic mass is 9.91. The number of carboxylic acid groups (broad SMARTS) is 1. The monoisotopic (exact) mass is 241 g/mol. The largest absolute Gasteiger partial charge is 0.480 e. The van der Waals surface area contributed by atoms with Crippen LogP contribution in [-0.2, 0) is 10.3 Å². The van der Waals surface area contributed by atoms with Crippen molar-refractivity contribution in [3.63, 3.8) is 0 Å². The average Bonchev–Trinajstić information content (AvgIpc) is 3.05. The Morgan fingerprint density at radius 3 is 2.53 bits per heavy atom. The fourth-order valence-corrected chi connectivity index (χ4v) is 1.71. The van der Waals surface area contributed by atoms with Gasteiger partial charge in [-0.05, 0) is 37.5 Å². The molecule has 1 fully saturated rings. The molecule has 0 bridgehead atoms. The van der Waals surface area contributed by atoms with E-state index < -0.39 is 23.1 Å². The van der Waals surface area contributed by atoms with Crippen molar-refractivity contribution in [3.05, 3.63) is 35.4 Å². The molecule has 1 aromatic rings. The Morgan fingerprint density at radius 2 is 2.06 bits per heavy atom. The first-order valence-corrected chi connectivity index (χ1v) is 5.40. The van der Waals surface area contributed by atoms with Crippen molar-refractivity contribution in [1.29, 1.82) is 0 Å². The summed E-state index contributed by atoms with van der Waals surface area (Å²) in [6, 6.07) is 3.31. The van der Waals surface area contributed by atoms with Crippen molar-refractivity contribution >= 4 is 5.97 Å². The Morgan fingerprint density at radius 1 is 1.41 bits per heavy atom. The van der Waals surface area contributed by atoms with Gasteiger partial charge in [-0.1, -0.05) is 6.07 Å². The van der Waals surface area contributed by atoms with Gasteiger partial charge in [0.15, 0.2) is 11.6 Å². The van der Waals surface area contributed by atoms with Crippen LogP contribution in [0.4, 0.5) is 8.78 Å². The molecule has 0 aromatic heterocycles. The molecule has 1 aromatic carbocycles. The number of halogens is 2. The molecule has 1 atom stereocenters. The number of rotatable bonds is 4. The Kier molecular flexibility index (Phi) is 2.87. The summed E-state index contributed by atoms with van der Waals surface area (Å²) < 4.78 is 26.0. The van der Waals surface area contributed by atoms with Gasteiger partial charge < -0.3 is 5.11 Å². The lowest BCUT2D eigenvalue weighted by Gasteiger charge is -2.27. The quantitative estimate of drug-likeness (QED) is 0.847. The first-order chi connectivity index (χ1) is 7.93. The van der Waals surface area contributed by atoms with E-state index in [0.717, 1.165) is 25.0 Å². The fourth-order valence-electron chi connectivity index (χ4n) is 1.71. The van der Waals surface area contributed by atoms with Crippen LogP contribution in [-0.4, -0.2) is 17.1 Å². The lowest BCUT2D eigenvalue weighted by Crippen LogP contribution is -2.47. The molecule has 1 unspecified atom stereocenters. The molecule has 3 nitrogen and oxygen atoms in total. The van der Waals surface area contributed by atoms with Gasteiger partial charge in [0, 0.05) is 6.04 Å². The third-order valence-electron chi connectivity index (χ3n) is 2.99. The highest BCUT2D eigenvalue weighted by Crippen LogP contribution is 2.29. The van der Waals surface area contributed by atoms with Crippen molar-refractivity contribution in [1.82, 2.24) is 5.32 Å². The van der Waals surface area contributed by atoms with E-state index in [2.05, 4.69) is 5.32 Å². The van der Waals surface area contributed by atoms with E-state index in [1.165, 1.54) is 13.0 Å². The van der Waals surface area contributed by atoms with Crippen LogP contribution in [0.1, 0.15) is 25.3 Å². The molecule has 0 radical (unpaired) electrons. The molecule has 0 saturated heterocycles. The molecule has 5 heteroatoms. The van der Waals surface area contributed by atoms with E-state index in [-0.39, 0.29) is 11.6 Å². The van der Waals surface area contributed by atoms with Crippen LogP contribution >= 0.6 is 0 Å². The molecule has 2 rings (SSSR count). The molecule has 17 heavy (non-hydrogen) atoms. The predicted octanol–water partition coefficient (Wildman–Crippen LogP) is 2.02. The first-order valence-electron chi connectivity index (χ1n) is 5.40. The summed E-state index contributed by atoms with van der Waals surface area (Å²) in [4.78, 5) is 11.3. The molecular weight excluding hydrogens is 228 g/mol. The van der Waals surface area contributed by atoms with Gasteiger partial charge >= 0.3 is 5.97 Å². The molecule has 1 aliphatic rings. The van der Waals surface area contributed by atoms with Crippen LogP contribution in [0.3, 0.4) is 0 Å². The lowest BCUT2D eigenvalue weighted by molar-refractivity contribution is -0.144. The van der Waals surface area contributed by atoms with Crippen molar-refractivity contribution in [2.45, 2.75) is 31.3 Å². The summed E-state index contributed by atoms with van der Waals surface area (Å²) in [6.07, 6.45) is 1.82. The minimum absolute atomic E-state index is 0.143. The van der Waals surface area contributed by atoms with E-state index in [4.69, 9.17) is 0 Å². The van der Waals surface area contributed by atoms with Crippen LogP contribution in [0.15, 0.2) is 18.2 Å². The third-order valence-corrected chi connectivity index (χ3v) is 2.99. The second-order valence-electron chi connectivity index (χ2n) is 4.48. The molecule has 2 N–H and O–H groups in total. The summed E-state index contributed by atoms with van der Waals surface area (Å²) in [5, 5.41) is 12.2. The predicted molar refractivity (Wildman–Crippen MR) is 57.5 cm³/mol. The maximum absolute atomic E-state index is 13.1. The van der Waals surface area contributed by atoms with Gasteiger partial charge in [0.05, 0.1) is 0 Å². The van der Waals surface area contributed by atoms with Crippen molar-refractivity contribution in [3.8, 4) is 0 Å². The summed E-state index contributed by atoms with van der Waals surface area (Å²) in [5.41, 5.74) is -1.16. The van der Waals surface area contributed by atoms with Crippen LogP contribution < -0.4 is 5.32 Å². The van der Waals surface area contributed by atoms with Crippen LogP contribution in [0.5, 0.6) is 0 Å². The zero-order valence-electron chi connectivity index (χ0n) is 9.34. The molecule has 0 heterocycles. The van der Waals surface area contributed by atoms with Gasteiger partial charge in [0.1, 0.15) is 5.54 Å². The SMILES string of the molecule is CC(NC1CC1)(C(=O)O)c1ccc(F)c(F)c1. The fraction of sp³-hybridized carbons (Fsp3) is 0.417. The Labute approximate surface area is 97.5 Å². The Bertz CT molecular complexity index is 460. The van der Waals surface area contributed by atoms with Crippen LogP contribution in [0.2, 0.25) is 0 Å². The Balaban J connectivity index is 2.36. The van der Waals surface area contributed by atoms with Crippen molar-refractivity contribution in [2.24, 2.45) is 0 Å². The van der Waals surface area contributed by atoms with Crippen LogP contribution in [0, 0.1) is 11.6 Å². The second-order valence-corrected chi connectivity index (χ2v) is 4.48. The average molecular weight is 241 g/mol. The number of hydrogen-bond acceptors (Lipinski definition) is 2. The smallest absolute Gasteiger partial charge is 0.328 e. The number of nitrogens with one attached hydrogen (secondary N) is 1. The van der Waals surface area contributed by atoms with Gasteiger partial charge in [0.2, 0.25) is 0 Å². The summed E-state index contributed by atoms with van der Waals surface area (Å²) >= 11 is 0. The zero-order valence-corrected chi connectivity index (χ0v) is 9.34. The molecule has 0 spiro atoms. The van der Waals surface area contributed by atoms with E-state index >= 15 is 0 Å². The molecule has 1 saturated carbocycles. The second kappa shape index (κ2) is 4.07. The van der Waals surface area contributed by atoms with Crippen molar-refractivity contribution in [2.75, 3.05) is 0 Å². The van der Waals surface area contributed by atoms with Gasteiger partial charge in [-0.2, -0.15) is 0 Å². The van der Waals surface area contributed by atoms with Gasteiger partial charge in [0.25, 0.3) is 0 Å². The van der Waals surface area contributed by atoms with E-state index in [1.807, 2.05) is 0 Å². The molecule has 1 aliphatic carbocycles.